The molecule has 2 fully saturated rings. The number of anilines is 1. The van der Waals surface area contributed by atoms with Gasteiger partial charge >= 0.3 is 0 Å². The number of hydrogen-bond acceptors (Lipinski definition) is 7. The van der Waals surface area contributed by atoms with E-state index >= 15 is 0 Å². The van der Waals surface area contributed by atoms with E-state index in [1.54, 1.807) is 6.20 Å². The van der Waals surface area contributed by atoms with Gasteiger partial charge in [-0.1, -0.05) is 12.1 Å². The number of nitriles is 1. The fraction of sp³-hybridized carbons (Fsp3) is 0.407. The summed E-state index contributed by atoms with van der Waals surface area (Å²) in [6.07, 6.45) is 2.66. The van der Waals surface area contributed by atoms with E-state index in [-0.39, 0.29) is 25.2 Å². The van der Waals surface area contributed by atoms with Gasteiger partial charge in [-0.2, -0.15) is 10.4 Å². The summed E-state index contributed by atoms with van der Waals surface area (Å²) in [6, 6.07) is 12.4. The second-order valence-corrected chi connectivity index (χ2v) is 12.4. The first-order chi connectivity index (χ1) is 18.8. The number of pyridine rings is 1. The summed E-state index contributed by atoms with van der Waals surface area (Å²) >= 11 is 0. The van der Waals surface area contributed by atoms with E-state index < -0.39 is 39.5 Å². The molecule has 2 aromatic heterocycles. The number of alkyl halides is 1. The van der Waals surface area contributed by atoms with E-state index in [1.165, 1.54) is 23.0 Å². The minimum atomic E-state index is -2.51. The van der Waals surface area contributed by atoms with Gasteiger partial charge in [0.1, 0.15) is 12.7 Å². The number of hydrogen-bond donors (Lipinski definition) is 2. The van der Waals surface area contributed by atoms with Crippen LogP contribution in [-0.2, 0) is 14.5 Å². The molecule has 1 aliphatic carbocycles. The Morgan fingerprint density at radius 1 is 1.21 bits per heavy atom. The zero-order valence-corrected chi connectivity index (χ0v) is 22.0. The predicted octanol–water partition coefficient (Wildman–Crippen LogP) is 3.80. The minimum Gasteiger partial charge on any atom is -0.370 e. The summed E-state index contributed by atoms with van der Waals surface area (Å²) in [4.78, 5) is 19.2. The van der Waals surface area contributed by atoms with Gasteiger partial charge in [0.15, 0.2) is 11.6 Å². The summed E-state index contributed by atoms with van der Waals surface area (Å²) in [6.45, 7) is 0.901. The number of halogens is 2. The molecule has 1 amide bonds. The normalized spacial score (nSPS) is 22.7. The molecular formula is C27H29F2N7O2S. The topological polar surface area (TPSA) is 128 Å². The molecule has 12 heteroatoms. The lowest BCUT2D eigenvalue weighted by Gasteiger charge is -2.32. The Morgan fingerprint density at radius 2 is 1.95 bits per heavy atom. The van der Waals surface area contributed by atoms with Crippen molar-refractivity contribution in [2.75, 3.05) is 36.0 Å². The van der Waals surface area contributed by atoms with Crippen molar-refractivity contribution in [3.63, 3.8) is 0 Å². The van der Waals surface area contributed by atoms with Crippen LogP contribution < -0.4 is 10.2 Å². The highest BCUT2D eigenvalue weighted by atomic mass is 32.2. The van der Waals surface area contributed by atoms with Gasteiger partial charge in [-0.3, -0.25) is 9.57 Å². The maximum absolute atomic E-state index is 14.7. The van der Waals surface area contributed by atoms with Gasteiger partial charge in [0, 0.05) is 69.8 Å². The van der Waals surface area contributed by atoms with E-state index in [2.05, 4.69) is 15.2 Å². The molecule has 2 aliphatic rings. The zero-order valence-electron chi connectivity index (χ0n) is 21.2. The van der Waals surface area contributed by atoms with E-state index in [1.807, 2.05) is 30.3 Å². The van der Waals surface area contributed by atoms with Crippen LogP contribution in [0.5, 0.6) is 0 Å². The second-order valence-electron chi connectivity index (χ2n) is 9.93. The van der Waals surface area contributed by atoms with Crippen LogP contribution in [0.4, 0.5) is 14.5 Å². The van der Waals surface area contributed by atoms with Crippen LogP contribution in [0.2, 0.25) is 0 Å². The highest BCUT2D eigenvalue weighted by molar-refractivity contribution is 7.92. The van der Waals surface area contributed by atoms with E-state index in [4.69, 9.17) is 15.1 Å². The van der Waals surface area contributed by atoms with Crippen LogP contribution in [0, 0.1) is 27.8 Å². The fourth-order valence-corrected chi connectivity index (χ4v) is 6.61. The molecule has 2 N–H and O–H groups in total. The first-order valence-corrected chi connectivity index (χ1v) is 14.7. The van der Waals surface area contributed by atoms with E-state index in [0.29, 0.717) is 42.3 Å². The molecule has 3 heterocycles. The molecule has 1 saturated carbocycles. The van der Waals surface area contributed by atoms with Crippen molar-refractivity contribution in [2.45, 2.75) is 31.4 Å². The maximum Gasteiger partial charge on any atom is 0.224 e. The van der Waals surface area contributed by atoms with Crippen LogP contribution in [0.15, 0.2) is 48.8 Å². The standard InChI is InChI=1S/C27H29F2N7O2S/c28-19-5-8-21(22(16-19)27(37)33-11-9-30)25-23(17-36(34-25)26-24(29)2-1-10-32-26)18-3-6-20(7-4-18)35-12-14-39(31,38)15-13-35/h1-4,6-7,10,17,19,21-22,31H,5,8,11-16H2,(H,33,37)/t19-,21+,22?/m0/s1. The number of carbonyl (C=O) groups is 1. The van der Waals surface area contributed by atoms with Crippen LogP contribution in [-0.4, -0.2) is 62.2 Å². The van der Waals surface area contributed by atoms with Crippen LogP contribution >= 0.6 is 0 Å². The van der Waals surface area contributed by atoms with Crippen molar-refractivity contribution in [3.8, 4) is 23.0 Å². The monoisotopic (exact) mass is 553 g/mol. The first-order valence-electron chi connectivity index (χ1n) is 12.8. The van der Waals surface area contributed by atoms with Gasteiger partial charge in [0.25, 0.3) is 0 Å². The molecule has 0 radical (unpaired) electrons. The van der Waals surface area contributed by atoms with Crippen molar-refractivity contribution in [1.82, 2.24) is 20.1 Å². The number of nitrogens with zero attached hydrogens (tertiary/aromatic N) is 5. The number of amides is 1. The summed E-state index contributed by atoms with van der Waals surface area (Å²) < 4.78 is 50.3. The Bertz CT molecular complexity index is 1490. The van der Waals surface area contributed by atoms with Crippen LogP contribution in [0.1, 0.15) is 30.9 Å². The van der Waals surface area contributed by atoms with Crippen molar-refractivity contribution >= 4 is 21.3 Å². The Morgan fingerprint density at radius 3 is 2.64 bits per heavy atom. The minimum absolute atomic E-state index is 0.0126. The van der Waals surface area contributed by atoms with Gasteiger partial charge in [0.05, 0.1) is 11.8 Å². The van der Waals surface area contributed by atoms with E-state index in [0.717, 1.165) is 11.3 Å². The van der Waals surface area contributed by atoms with Gasteiger partial charge in [-0.15, -0.1) is 0 Å². The third-order valence-corrected chi connectivity index (χ3v) is 9.12. The predicted molar refractivity (Wildman–Crippen MR) is 143 cm³/mol. The molecule has 0 spiro atoms. The summed E-state index contributed by atoms with van der Waals surface area (Å²) in [5.74, 6) is -1.46. The molecule has 39 heavy (non-hydrogen) atoms. The van der Waals surface area contributed by atoms with Crippen LogP contribution in [0.25, 0.3) is 16.9 Å². The second kappa shape index (κ2) is 11.1. The average Bonchev–Trinajstić information content (AvgIpc) is 3.37. The van der Waals surface area contributed by atoms with Crippen molar-refractivity contribution in [2.24, 2.45) is 5.92 Å². The fourth-order valence-electron chi connectivity index (χ4n) is 5.37. The molecule has 0 bridgehead atoms. The Labute approximate surface area is 225 Å². The largest absolute Gasteiger partial charge is 0.370 e. The molecule has 9 nitrogen and oxygen atoms in total. The molecule has 1 aromatic carbocycles. The average molecular weight is 554 g/mol. The number of aromatic nitrogens is 3. The molecule has 1 aliphatic heterocycles. The number of benzene rings is 1. The number of nitrogens with one attached hydrogen (secondary N) is 2. The number of carbonyl (C=O) groups excluding carboxylic acids is 1. The van der Waals surface area contributed by atoms with Gasteiger partial charge in [-0.25, -0.2) is 22.7 Å². The summed E-state index contributed by atoms with van der Waals surface area (Å²) in [7, 11) is -2.51. The number of rotatable bonds is 6. The lowest BCUT2D eigenvalue weighted by molar-refractivity contribution is -0.127. The van der Waals surface area contributed by atoms with E-state index in [9.17, 15) is 17.8 Å². The van der Waals surface area contributed by atoms with Crippen molar-refractivity contribution in [1.29, 1.82) is 10.0 Å². The van der Waals surface area contributed by atoms with Crippen molar-refractivity contribution in [3.05, 3.63) is 60.3 Å². The lowest BCUT2D eigenvalue weighted by Crippen LogP contribution is -2.39. The smallest absolute Gasteiger partial charge is 0.224 e. The Kier molecular flexibility index (Phi) is 7.61. The van der Waals surface area contributed by atoms with Gasteiger partial charge in [-0.05, 0) is 49.1 Å². The van der Waals surface area contributed by atoms with Gasteiger partial charge < -0.3 is 10.2 Å². The van der Waals surface area contributed by atoms with Gasteiger partial charge in [0.2, 0.25) is 5.91 Å². The third-order valence-electron chi connectivity index (χ3n) is 7.44. The molecular weight excluding hydrogens is 524 g/mol. The molecule has 1 saturated heterocycles. The summed E-state index contributed by atoms with van der Waals surface area (Å²) in [5, 5.41) is 16.2. The van der Waals surface area contributed by atoms with Crippen LogP contribution in [0.3, 0.4) is 0 Å². The van der Waals surface area contributed by atoms with Crippen molar-refractivity contribution < 1.29 is 17.8 Å². The third kappa shape index (κ3) is 5.78. The highest BCUT2D eigenvalue weighted by Gasteiger charge is 2.39. The molecule has 3 aromatic rings. The zero-order chi connectivity index (χ0) is 27.6. The quantitative estimate of drug-likeness (QED) is 0.447. The first kappa shape index (κ1) is 26.7. The molecule has 3 atom stereocenters. The SMILES string of the molecule is N#CCNC(=O)C1C[C@@H](F)CC[C@H]1c1nn(-c2ncccc2F)cc1-c1ccc(N2CCS(=N)(=O)CC2)cc1. The summed E-state index contributed by atoms with van der Waals surface area (Å²) in [5.41, 5.74) is 2.95. The molecule has 204 valence electrons. The Balaban J connectivity index is 1.53. The lowest BCUT2D eigenvalue weighted by atomic mass is 9.75. The highest BCUT2D eigenvalue weighted by Crippen LogP contribution is 2.43. The Hall–Kier alpha value is -3.85. The molecule has 5 rings (SSSR count). The molecule has 1 unspecified atom stereocenters. The maximum atomic E-state index is 14.7.